The van der Waals surface area contributed by atoms with Crippen molar-refractivity contribution in [3.8, 4) is 0 Å². The molecule has 0 saturated carbocycles. The molecule has 7 nitrogen and oxygen atoms in total. The molecular weight excluding hydrogens is 300 g/mol. The van der Waals surface area contributed by atoms with Crippen molar-refractivity contribution < 1.29 is 24.2 Å². The summed E-state index contributed by atoms with van der Waals surface area (Å²) in [6.45, 7) is 3.04. The van der Waals surface area contributed by atoms with Gasteiger partial charge in [0, 0.05) is 33.1 Å². The second-order valence-corrected chi connectivity index (χ2v) is 5.50. The lowest BCUT2D eigenvalue weighted by molar-refractivity contribution is -0.142. The third-order valence-corrected chi connectivity index (χ3v) is 3.38. The van der Waals surface area contributed by atoms with Crippen LogP contribution in [-0.4, -0.2) is 49.2 Å². The molecular formula is C16H30N2O5. The number of methoxy groups -OCH3 is 1. The summed E-state index contributed by atoms with van der Waals surface area (Å²) in [5, 5.41) is 14.5. The second kappa shape index (κ2) is 14.0. The van der Waals surface area contributed by atoms with Gasteiger partial charge in [0.05, 0.1) is 0 Å². The number of amides is 2. The zero-order chi connectivity index (χ0) is 17.5. The Balaban J connectivity index is 3.86. The molecule has 0 radical (unpaired) electrons. The van der Waals surface area contributed by atoms with E-state index >= 15 is 0 Å². The van der Waals surface area contributed by atoms with Crippen LogP contribution in [0.15, 0.2) is 0 Å². The Morgan fingerprint density at radius 3 is 2.35 bits per heavy atom. The van der Waals surface area contributed by atoms with Crippen molar-refractivity contribution in [3.05, 3.63) is 0 Å². The van der Waals surface area contributed by atoms with Crippen molar-refractivity contribution in [2.24, 2.45) is 0 Å². The van der Waals surface area contributed by atoms with E-state index in [9.17, 15) is 14.4 Å². The van der Waals surface area contributed by atoms with Crippen LogP contribution in [-0.2, 0) is 19.1 Å². The summed E-state index contributed by atoms with van der Waals surface area (Å²) >= 11 is 0. The van der Waals surface area contributed by atoms with Gasteiger partial charge in [0.1, 0.15) is 6.04 Å². The van der Waals surface area contributed by atoms with E-state index in [1.54, 1.807) is 7.11 Å². The molecule has 2 amide bonds. The van der Waals surface area contributed by atoms with Crippen LogP contribution < -0.4 is 10.6 Å². The summed E-state index contributed by atoms with van der Waals surface area (Å²) in [6.07, 6.45) is 4.90. The van der Waals surface area contributed by atoms with Crippen LogP contribution in [0.5, 0.6) is 0 Å². The summed E-state index contributed by atoms with van der Waals surface area (Å²) in [6, 6.07) is -0.874. The average molecular weight is 330 g/mol. The standard InChI is InChI=1S/C16H30N2O5/c1-3-4-9-14(19)17-11-6-5-8-13(16(21)22)18-15(20)10-7-12-23-2/h13H,3-12H2,1-2H3,(H,17,19)(H,18,20)(H,21,22). The fourth-order valence-electron chi connectivity index (χ4n) is 2.03. The maximum Gasteiger partial charge on any atom is 0.326 e. The van der Waals surface area contributed by atoms with Crippen molar-refractivity contribution in [2.75, 3.05) is 20.3 Å². The van der Waals surface area contributed by atoms with Gasteiger partial charge >= 0.3 is 5.97 Å². The quantitative estimate of drug-likeness (QED) is 0.418. The first-order valence-corrected chi connectivity index (χ1v) is 8.29. The summed E-state index contributed by atoms with van der Waals surface area (Å²) < 4.78 is 4.85. The molecule has 0 aromatic carbocycles. The molecule has 1 unspecified atom stereocenters. The smallest absolute Gasteiger partial charge is 0.326 e. The Bertz CT molecular complexity index is 360. The van der Waals surface area contributed by atoms with Crippen LogP contribution in [0.1, 0.15) is 58.3 Å². The number of carbonyl (C=O) groups excluding carboxylic acids is 2. The summed E-state index contributed by atoms with van der Waals surface area (Å²) in [5.41, 5.74) is 0. The Labute approximate surface area is 138 Å². The number of ether oxygens (including phenoxy) is 1. The highest BCUT2D eigenvalue weighted by molar-refractivity contribution is 5.83. The number of unbranched alkanes of at least 4 members (excludes halogenated alkanes) is 2. The van der Waals surface area contributed by atoms with Gasteiger partial charge in [-0.3, -0.25) is 9.59 Å². The van der Waals surface area contributed by atoms with Crippen LogP contribution in [0.3, 0.4) is 0 Å². The molecule has 1 atom stereocenters. The van der Waals surface area contributed by atoms with Crippen molar-refractivity contribution in [1.29, 1.82) is 0 Å². The van der Waals surface area contributed by atoms with Gasteiger partial charge in [-0.15, -0.1) is 0 Å². The Hall–Kier alpha value is -1.63. The van der Waals surface area contributed by atoms with Crippen LogP contribution in [0.4, 0.5) is 0 Å². The zero-order valence-electron chi connectivity index (χ0n) is 14.2. The first kappa shape index (κ1) is 21.4. The van der Waals surface area contributed by atoms with Gasteiger partial charge in [-0.05, 0) is 32.1 Å². The number of hydrogen-bond donors (Lipinski definition) is 3. The van der Waals surface area contributed by atoms with Crippen LogP contribution in [0, 0.1) is 0 Å². The largest absolute Gasteiger partial charge is 0.480 e. The maximum absolute atomic E-state index is 11.6. The lowest BCUT2D eigenvalue weighted by Gasteiger charge is -2.14. The van der Waals surface area contributed by atoms with Gasteiger partial charge in [-0.25, -0.2) is 4.79 Å². The molecule has 0 aliphatic rings. The average Bonchev–Trinajstić information content (AvgIpc) is 2.51. The molecule has 0 aliphatic carbocycles. The molecule has 0 saturated heterocycles. The van der Waals surface area contributed by atoms with E-state index in [0.717, 1.165) is 12.8 Å². The van der Waals surface area contributed by atoms with Gasteiger partial charge in [-0.2, -0.15) is 0 Å². The SMILES string of the molecule is CCCCC(=O)NCCCCC(NC(=O)CCCOC)C(=O)O. The minimum atomic E-state index is -1.03. The number of carbonyl (C=O) groups is 3. The van der Waals surface area contributed by atoms with Gasteiger partial charge in [0.25, 0.3) is 0 Å². The first-order valence-electron chi connectivity index (χ1n) is 8.29. The van der Waals surface area contributed by atoms with Gasteiger partial charge in [0.2, 0.25) is 11.8 Å². The van der Waals surface area contributed by atoms with Gasteiger partial charge in [0.15, 0.2) is 0 Å². The van der Waals surface area contributed by atoms with E-state index < -0.39 is 12.0 Å². The van der Waals surface area contributed by atoms with Crippen molar-refractivity contribution >= 4 is 17.8 Å². The predicted octanol–water partition coefficient (Wildman–Crippen LogP) is 1.46. The topological polar surface area (TPSA) is 105 Å². The number of aliphatic carboxylic acids is 1. The molecule has 134 valence electrons. The lowest BCUT2D eigenvalue weighted by Crippen LogP contribution is -2.40. The number of nitrogens with one attached hydrogen (secondary N) is 2. The molecule has 0 spiro atoms. The second-order valence-electron chi connectivity index (χ2n) is 5.50. The highest BCUT2D eigenvalue weighted by atomic mass is 16.5. The highest BCUT2D eigenvalue weighted by Gasteiger charge is 2.19. The molecule has 0 aromatic rings. The van der Waals surface area contributed by atoms with E-state index in [2.05, 4.69) is 10.6 Å². The molecule has 3 N–H and O–H groups in total. The summed E-state index contributed by atoms with van der Waals surface area (Å²) in [7, 11) is 1.55. The van der Waals surface area contributed by atoms with E-state index in [4.69, 9.17) is 9.84 Å². The highest BCUT2D eigenvalue weighted by Crippen LogP contribution is 2.03. The zero-order valence-corrected chi connectivity index (χ0v) is 14.2. The molecule has 0 rings (SSSR count). The normalized spacial score (nSPS) is 11.7. The summed E-state index contributed by atoms with van der Waals surface area (Å²) in [4.78, 5) is 34.2. The molecule has 0 aliphatic heterocycles. The molecule has 0 bridgehead atoms. The number of carboxylic acids is 1. The Morgan fingerprint density at radius 1 is 1.04 bits per heavy atom. The Kier molecular flexibility index (Phi) is 13.0. The van der Waals surface area contributed by atoms with Crippen LogP contribution >= 0.6 is 0 Å². The van der Waals surface area contributed by atoms with Crippen molar-refractivity contribution in [1.82, 2.24) is 10.6 Å². The monoisotopic (exact) mass is 330 g/mol. The first-order chi connectivity index (χ1) is 11.0. The van der Waals surface area contributed by atoms with Crippen molar-refractivity contribution in [3.63, 3.8) is 0 Å². The number of rotatable bonds is 14. The van der Waals surface area contributed by atoms with Crippen LogP contribution in [0.25, 0.3) is 0 Å². The third-order valence-electron chi connectivity index (χ3n) is 3.38. The minimum absolute atomic E-state index is 0.0353. The molecule has 7 heteroatoms. The van der Waals surface area contributed by atoms with E-state index in [1.807, 2.05) is 6.92 Å². The number of hydrogen-bond acceptors (Lipinski definition) is 4. The predicted molar refractivity (Wildman–Crippen MR) is 87.1 cm³/mol. The molecule has 0 heterocycles. The van der Waals surface area contributed by atoms with E-state index in [1.165, 1.54) is 0 Å². The maximum atomic E-state index is 11.6. The van der Waals surface area contributed by atoms with Crippen LogP contribution in [0.2, 0.25) is 0 Å². The lowest BCUT2D eigenvalue weighted by atomic mass is 10.1. The fourth-order valence-corrected chi connectivity index (χ4v) is 2.03. The number of carboxylic acid groups (broad SMARTS) is 1. The van der Waals surface area contributed by atoms with E-state index in [0.29, 0.717) is 45.3 Å². The molecule has 0 fully saturated rings. The third kappa shape index (κ3) is 12.6. The molecule has 23 heavy (non-hydrogen) atoms. The Morgan fingerprint density at radius 2 is 1.74 bits per heavy atom. The summed E-state index contributed by atoms with van der Waals surface area (Å²) in [5.74, 6) is -1.27. The van der Waals surface area contributed by atoms with E-state index in [-0.39, 0.29) is 18.2 Å². The van der Waals surface area contributed by atoms with Crippen molar-refractivity contribution in [2.45, 2.75) is 64.3 Å². The van der Waals surface area contributed by atoms with Gasteiger partial charge < -0.3 is 20.5 Å². The molecule has 0 aromatic heterocycles. The fraction of sp³-hybridized carbons (Fsp3) is 0.812. The van der Waals surface area contributed by atoms with Gasteiger partial charge in [-0.1, -0.05) is 13.3 Å². The minimum Gasteiger partial charge on any atom is -0.480 e.